The first-order valence-electron chi connectivity index (χ1n) is 20.5. The number of hydrogen-bond donors (Lipinski definition) is 0. The first-order valence-corrected chi connectivity index (χ1v) is 24.1. The van der Waals surface area contributed by atoms with Gasteiger partial charge in [-0.25, -0.2) is 0 Å². The maximum Gasteiger partial charge on any atom is 0.176 e. The minimum Gasteiger partial charge on any atom is -0.309 e. The SMILES string of the molecule is C=C/C=C(\C)[Si]1(c2ccccc2)c2ccccc2-c2ccc(-c3cc4c(s3)c3sc(-c5ccc6c(c5)c5ccccc5n6-c5ccccc5)cc3n4-c3ccccc3)cc21. The first-order chi connectivity index (χ1) is 29.6. The van der Waals surface area contributed by atoms with Gasteiger partial charge in [0, 0.05) is 31.9 Å². The van der Waals surface area contributed by atoms with Gasteiger partial charge in [-0.05, 0) is 99.3 Å². The molecule has 0 radical (unpaired) electrons. The quantitative estimate of drug-likeness (QED) is 0.112. The summed E-state index contributed by atoms with van der Waals surface area (Å²) in [5, 5.41) is 8.26. The van der Waals surface area contributed by atoms with Gasteiger partial charge in [0.1, 0.15) is 0 Å². The predicted octanol–water partition coefficient (Wildman–Crippen LogP) is 13.5. The predicted molar refractivity (Wildman–Crippen MR) is 262 cm³/mol. The number of para-hydroxylation sites is 3. The highest BCUT2D eigenvalue weighted by molar-refractivity contribution is 7.30. The third kappa shape index (κ3) is 5.04. The average molecular weight is 819 g/mol. The Labute approximate surface area is 357 Å². The second kappa shape index (κ2) is 13.6. The molecule has 12 rings (SSSR count). The molecule has 11 aromatic rings. The van der Waals surface area contributed by atoms with Crippen LogP contribution in [-0.2, 0) is 0 Å². The molecule has 4 aromatic heterocycles. The van der Waals surface area contributed by atoms with Gasteiger partial charge in [-0.15, -0.1) is 22.7 Å². The molecule has 0 saturated carbocycles. The molecule has 0 aliphatic carbocycles. The fourth-order valence-electron chi connectivity index (χ4n) is 10.1. The third-order valence-electron chi connectivity index (χ3n) is 12.6. The molecule has 1 atom stereocenters. The van der Waals surface area contributed by atoms with E-state index >= 15 is 0 Å². The zero-order valence-corrected chi connectivity index (χ0v) is 35.6. The molecule has 0 bridgehead atoms. The summed E-state index contributed by atoms with van der Waals surface area (Å²) >= 11 is 3.84. The summed E-state index contributed by atoms with van der Waals surface area (Å²) in [5.41, 5.74) is 12.5. The molecular weight excluding hydrogens is 781 g/mol. The lowest BCUT2D eigenvalue weighted by Gasteiger charge is -2.32. The van der Waals surface area contributed by atoms with E-state index < -0.39 is 8.07 Å². The van der Waals surface area contributed by atoms with Crippen LogP contribution >= 0.6 is 22.7 Å². The topological polar surface area (TPSA) is 9.86 Å². The molecule has 0 amide bonds. The molecule has 1 unspecified atom stereocenters. The van der Waals surface area contributed by atoms with Crippen molar-refractivity contribution in [1.29, 1.82) is 0 Å². The fraction of sp³-hybridized carbons (Fsp3) is 0.0182. The number of nitrogens with zero attached hydrogens (tertiary/aromatic N) is 2. The van der Waals surface area contributed by atoms with Crippen molar-refractivity contribution in [3.05, 3.63) is 212 Å². The average Bonchev–Trinajstić information content (AvgIpc) is 4.11. The summed E-state index contributed by atoms with van der Waals surface area (Å²) in [7, 11) is -2.57. The summed E-state index contributed by atoms with van der Waals surface area (Å²) in [6.07, 6.45) is 4.22. The number of rotatable bonds is 7. The summed E-state index contributed by atoms with van der Waals surface area (Å²) < 4.78 is 7.53. The van der Waals surface area contributed by atoms with Crippen molar-refractivity contribution in [3.63, 3.8) is 0 Å². The maximum absolute atomic E-state index is 4.15. The van der Waals surface area contributed by atoms with E-state index in [1.54, 1.807) is 0 Å². The number of aromatic nitrogens is 2. The Morgan fingerprint density at radius 3 is 1.70 bits per heavy atom. The molecular formula is C55H38N2S2Si. The van der Waals surface area contributed by atoms with Crippen LogP contribution in [0.15, 0.2) is 212 Å². The summed E-state index contributed by atoms with van der Waals surface area (Å²) in [6.45, 7) is 6.48. The molecule has 7 aromatic carbocycles. The van der Waals surface area contributed by atoms with Crippen LogP contribution in [0.5, 0.6) is 0 Å². The molecule has 2 nitrogen and oxygen atoms in total. The number of allylic oxidation sites excluding steroid dienone is 3. The van der Waals surface area contributed by atoms with Gasteiger partial charge in [0.25, 0.3) is 0 Å². The van der Waals surface area contributed by atoms with Gasteiger partial charge in [0.2, 0.25) is 0 Å². The van der Waals surface area contributed by atoms with Gasteiger partial charge >= 0.3 is 0 Å². The van der Waals surface area contributed by atoms with Crippen LogP contribution in [0, 0.1) is 0 Å². The lowest BCUT2D eigenvalue weighted by atomic mass is 10.0. The van der Waals surface area contributed by atoms with Crippen LogP contribution < -0.4 is 15.6 Å². The minimum atomic E-state index is -2.57. The van der Waals surface area contributed by atoms with Crippen molar-refractivity contribution in [3.8, 4) is 43.4 Å². The smallest absolute Gasteiger partial charge is 0.176 e. The first kappa shape index (κ1) is 35.2. The van der Waals surface area contributed by atoms with E-state index in [0.29, 0.717) is 0 Å². The Kier molecular flexibility index (Phi) is 8.01. The van der Waals surface area contributed by atoms with Crippen LogP contribution in [-0.4, -0.2) is 17.2 Å². The number of fused-ring (bicyclic) bond motifs is 9. The van der Waals surface area contributed by atoms with Crippen LogP contribution in [0.3, 0.4) is 0 Å². The lowest BCUT2D eigenvalue weighted by molar-refractivity contribution is 1.18. The van der Waals surface area contributed by atoms with Crippen molar-refractivity contribution >= 4 is 88.5 Å². The molecule has 1 aliphatic rings. The molecule has 1 aliphatic heterocycles. The monoisotopic (exact) mass is 818 g/mol. The Balaban J connectivity index is 1.05. The van der Waals surface area contributed by atoms with Gasteiger partial charge < -0.3 is 9.13 Å². The van der Waals surface area contributed by atoms with Gasteiger partial charge in [-0.3, -0.25) is 0 Å². The summed E-state index contributed by atoms with van der Waals surface area (Å²) in [6, 6.07) is 69.8. The van der Waals surface area contributed by atoms with Gasteiger partial charge in [-0.2, -0.15) is 0 Å². The van der Waals surface area contributed by atoms with Crippen LogP contribution in [0.1, 0.15) is 6.92 Å². The Hall–Kier alpha value is -6.76. The Morgan fingerprint density at radius 1 is 0.483 bits per heavy atom. The van der Waals surface area contributed by atoms with Crippen LogP contribution in [0.2, 0.25) is 0 Å². The van der Waals surface area contributed by atoms with E-state index in [9.17, 15) is 0 Å². The third-order valence-corrected chi connectivity index (χ3v) is 20.1. The van der Waals surface area contributed by atoms with Crippen molar-refractivity contribution in [2.75, 3.05) is 0 Å². The van der Waals surface area contributed by atoms with Gasteiger partial charge in [0.15, 0.2) is 8.07 Å². The van der Waals surface area contributed by atoms with E-state index in [4.69, 9.17) is 0 Å². The molecule has 60 heavy (non-hydrogen) atoms. The number of benzene rings is 7. The van der Waals surface area contributed by atoms with Crippen molar-refractivity contribution in [2.45, 2.75) is 6.92 Å². The highest BCUT2D eigenvalue weighted by Gasteiger charge is 2.48. The van der Waals surface area contributed by atoms with Crippen molar-refractivity contribution in [1.82, 2.24) is 9.13 Å². The van der Waals surface area contributed by atoms with Gasteiger partial charge in [0.05, 0.1) is 31.5 Å². The van der Waals surface area contributed by atoms with Crippen molar-refractivity contribution < 1.29 is 0 Å². The highest BCUT2D eigenvalue weighted by atomic mass is 32.1. The summed E-state index contributed by atoms with van der Waals surface area (Å²) in [4.78, 5) is 2.56. The van der Waals surface area contributed by atoms with Crippen LogP contribution in [0.25, 0.3) is 85.6 Å². The van der Waals surface area contributed by atoms with Gasteiger partial charge in [-0.1, -0.05) is 157 Å². The molecule has 0 spiro atoms. The Bertz CT molecular complexity index is 3510. The van der Waals surface area contributed by atoms with E-state index in [-0.39, 0.29) is 0 Å². The standard InChI is InChI=1S/C55H38N2S2Si/c1-3-17-36(2)60(41-22-11-6-12-23-41)52-27-16-14-25-43(52)44-30-28-38(33-53(44)60)51-35-49-55(59-51)54-48(57(49)40-20-9-5-10-21-40)34-50(58-54)37-29-31-47-45(32-37)42-24-13-15-26-46(42)56(47)39-18-7-4-8-19-39/h3-35H,1H2,2H3/b36-17+. The second-order valence-electron chi connectivity index (χ2n) is 15.7. The van der Waals surface area contributed by atoms with Crippen molar-refractivity contribution in [2.24, 2.45) is 0 Å². The molecule has 0 N–H and O–H groups in total. The number of hydrogen-bond acceptors (Lipinski definition) is 2. The largest absolute Gasteiger partial charge is 0.309 e. The molecule has 5 heteroatoms. The second-order valence-corrected chi connectivity index (χ2v) is 21.8. The lowest BCUT2D eigenvalue weighted by Crippen LogP contribution is -2.66. The van der Waals surface area contributed by atoms with E-state index in [0.717, 1.165) is 0 Å². The normalized spacial score (nSPS) is 15.0. The van der Waals surface area contributed by atoms with Crippen LogP contribution in [0.4, 0.5) is 0 Å². The molecule has 284 valence electrons. The minimum absolute atomic E-state index is 1.18. The fourth-order valence-corrected chi connectivity index (χ4v) is 17.7. The molecule has 0 saturated heterocycles. The molecule has 0 fully saturated rings. The highest BCUT2D eigenvalue weighted by Crippen LogP contribution is 2.48. The number of thiophene rings is 2. The zero-order chi connectivity index (χ0) is 40.0. The Morgan fingerprint density at radius 2 is 1.02 bits per heavy atom. The van der Waals surface area contributed by atoms with E-state index in [1.165, 1.54) is 106 Å². The van der Waals surface area contributed by atoms with E-state index in [1.807, 2.05) is 28.7 Å². The summed E-state index contributed by atoms with van der Waals surface area (Å²) in [5.74, 6) is 0. The maximum atomic E-state index is 4.15. The van der Waals surface area contributed by atoms with E-state index in [2.05, 4.69) is 217 Å². The molecule has 5 heterocycles. The zero-order valence-electron chi connectivity index (χ0n) is 33.0.